The van der Waals surface area contributed by atoms with Crippen LogP contribution in [0.4, 0.5) is 4.79 Å². The maximum atomic E-state index is 12.2. The number of hydrogen-bond acceptors (Lipinski definition) is 7. The van der Waals surface area contributed by atoms with Crippen LogP contribution >= 0.6 is 0 Å². The summed E-state index contributed by atoms with van der Waals surface area (Å²) in [5.74, 6) is -1.21. The molecule has 0 spiro atoms. The minimum absolute atomic E-state index is 0.0278. The van der Waals surface area contributed by atoms with E-state index in [0.29, 0.717) is 5.56 Å². The molecule has 0 atom stereocenters. The molecular weight excluding hydrogens is 332 g/mol. The van der Waals surface area contributed by atoms with Crippen LogP contribution in [0.15, 0.2) is 12.3 Å². The number of carboxylic acid groups (broad SMARTS) is 1. The van der Waals surface area contributed by atoms with Gasteiger partial charge in [0.2, 0.25) is 0 Å². The lowest BCUT2D eigenvalue weighted by atomic mass is 10.2. The van der Waals surface area contributed by atoms with Gasteiger partial charge in [0.1, 0.15) is 5.60 Å². The molecule has 0 aromatic carbocycles. The fourth-order valence-electron chi connectivity index (χ4n) is 1.87. The van der Waals surface area contributed by atoms with Crippen LogP contribution in [0, 0.1) is 0 Å². The van der Waals surface area contributed by atoms with Crippen LogP contribution in [-0.4, -0.2) is 64.8 Å². The number of hydrogen-bond donors (Lipinski definition) is 2. The van der Waals surface area contributed by atoms with E-state index in [1.165, 1.54) is 24.3 Å². The number of nitrogens with zero attached hydrogens (tertiary/aromatic N) is 2. The highest BCUT2D eigenvalue weighted by Gasteiger charge is 2.23. The third kappa shape index (κ3) is 6.94. The van der Waals surface area contributed by atoms with Crippen molar-refractivity contribution >= 4 is 12.1 Å². The zero-order chi connectivity index (χ0) is 19.0. The highest BCUT2D eigenvalue weighted by Crippen LogP contribution is 2.20. The van der Waals surface area contributed by atoms with Crippen molar-refractivity contribution in [1.82, 2.24) is 9.88 Å². The number of amides is 1. The van der Waals surface area contributed by atoms with Crippen LogP contribution in [0.2, 0.25) is 0 Å². The van der Waals surface area contributed by atoms with Crippen molar-refractivity contribution in [2.75, 3.05) is 27.1 Å². The third-order valence-electron chi connectivity index (χ3n) is 2.84. The molecule has 9 nitrogen and oxygen atoms in total. The first-order chi connectivity index (χ1) is 11.7. The lowest BCUT2D eigenvalue weighted by molar-refractivity contribution is 0.0199. The molecule has 0 bridgehead atoms. The van der Waals surface area contributed by atoms with Gasteiger partial charge in [0, 0.05) is 19.9 Å². The van der Waals surface area contributed by atoms with Crippen LogP contribution < -0.4 is 4.74 Å². The first-order valence-electron chi connectivity index (χ1n) is 7.60. The number of aliphatic hydroxyl groups excluding tert-OH is 1. The molecule has 1 heterocycles. The van der Waals surface area contributed by atoms with E-state index in [9.17, 15) is 9.59 Å². The zero-order valence-corrected chi connectivity index (χ0v) is 14.8. The van der Waals surface area contributed by atoms with Gasteiger partial charge >= 0.3 is 12.1 Å². The molecule has 140 valence electrons. The van der Waals surface area contributed by atoms with Crippen LogP contribution in [0.5, 0.6) is 5.75 Å². The number of rotatable bonds is 8. The van der Waals surface area contributed by atoms with Gasteiger partial charge in [0.05, 0.1) is 13.2 Å². The molecule has 0 saturated carbocycles. The average Bonchev–Trinajstić information content (AvgIpc) is 2.50. The van der Waals surface area contributed by atoms with Gasteiger partial charge in [-0.05, 0) is 32.4 Å². The fourth-order valence-corrected chi connectivity index (χ4v) is 1.87. The second-order valence-corrected chi connectivity index (χ2v) is 6.17. The molecule has 25 heavy (non-hydrogen) atoms. The van der Waals surface area contributed by atoms with Gasteiger partial charge in [-0.1, -0.05) is 0 Å². The second kappa shape index (κ2) is 9.19. The van der Waals surface area contributed by atoms with Gasteiger partial charge in [0.15, 0.2) is 18.2 Å². The zero-order valence-electron chi connectivity index (χ0n) is 14.8. The summed E-state index contributed by atoms with van der Waals surface area (Å²) in [5.41, 5.74) is -0.412. The number of pyridine rings is 1. The Morgan fingerprint density at radius 1 is 1.32 bits per heavy atom. The predicted octanol–water partition coefficient (Wildman–Crippen LogP) is 1.49. The number of aromatic carboxylic acids is 1. The van der Waals surface area contributed by atoms with Crippen molar-refractivity contribution in [3.63, 3.8) is 0 Å². The number of aliphatic hydroxyl groups is 1. The molecule has 0 radical (unpaired) electrons. The Hall–Kier alpha value is -2.39. The van der Waals surface area contributed by atoms with Crippen molar-refractivity contribution in [1.29, 1.82) is 0 Å². The van der Waals surface area contributed by atoms with E-state index in [1.54, 1.807) is 20.8 Å². The topological polar surface area (TPSA) is 118 Å². The molecule has 1 rings (SSSR count). The maximum absolute atomic E-state index is 12.2. The number of aromatic nitrogens is 1. The number of methoxy groups -OCH3 is 1. The molecule has 1 amide bonds. The lowest BCUT2D eigenvalue weighted by Gasteiger charge is -2.27. The van der Waals surface area contributed by atoms with Crippen LogP contribution in [0.1, 0.15) is 36.8 Å². The van der Waals surface area contributed by atoms with Crippen LogP contribution in [0.3, 0.4) is 0 Å². The standard InChI is InChI=1S/C16H24N2O7/c1-16(2,3)25-15(22)18(5-6-19)9-11-7-12(24-10-23-4)13(14(20)21)17-8-11/h7-8,19H,5-6,9-10H2,1-4H3,(H,20,21). The summed E-state index contributed by atoms with van der Waals surface area (Å²) in [7, 11) is 1.41. The first-order valence-corrected chi connectivity index (χ1v) is 7.60. The van der Waals surface area contributed by atoms with E-state index in [0.717, 1.165) is 0 Å². The van der Waals surface area contributed by atoms with Gasteiger partial charge in [-0.2, -0.15) is 0 Å². The Kier molecular flexibility index (Phi) is 7.59. The molecule has 9 heteroatoms. The van der Waals surface area contributed by atoms with Crippen molar-refractivity contribution in [3.05, 3.63) is 23.5 Å². The Balaban J connectivity index is 3.00. The van der Waals surface area contributed by atoms with E-state index < -0.39 is 17.7 Å². The summed E-state index contributed by atoms with van der Waals surface area (Å²) in [6.07, 6.45) is 0.737. The Bertz CT molecular complexity index is 599. The maximum Gasteiger partial charge on any atom is 0.410 e. The molecule has 2 N–H and O–H groups in total. The molecule has 0 unspecified atom stereocenters. The molecular formula is C16H24N2O7. The van der Waals surface area contributed by atoms with E-state index in [1.807, 2.05) is 0 Å². The molecule has 0 aliphatic carbocycles. The minimum atomic E-state index is -1.24. The normalized spacial score (nSPS) is 11.1. The highest BCUT2D eigenvalue weighted by atomic mass is 16.7. The van der Waals surface area contributed by atoms with Crippen molar-refractivity contribution < 1.29 is 34.0 Å². The number of carbonyl (C=O) groups excluding carboxylic acids is 1. The monoisotopic (exact) mass is 356 g/mol. The molecule has 1 aromatic rings. The van der Waals surface area contributed by atoms with E-state index in [2.05, 4.69) is 4.98 Å². The molecule has 1 aromatic heterocycles. The Labute approximate surface area is 146 Å². The van der Waals surface area contributed by atoms with E-state index in [4.69, 9.17) is 24.4 Å². The molecule has 0 saturated heterocycles. The first kappa shape index (κ1) is 20.7. The van der Waals surface area contributed by atoms with Crippen molar-refractivity contribution in [2.24, 2.45) is 0 Å². The molecule has 0 fully saturated rings. The molecule has 0 aliphatic rings. The van der Waals surface area contributed by atoms with Crippen molar-refractivity contribution in [2.45, 2.75) is 32.9 Å². The summed E-state index contributed by atoms with van der Waals surface area (Å²) in [5, 5.41) is 18.3. The number of carboxylic acids is 1. The smallest absolute Gasteiger partial charge is 0.410 e. The largest absolute Gasteiger partial charge is 0.476 e. The SMILES string of the molecule is COCOc1cc(CN(CCO)C(=O)OC(C)(C)C)cnc1C(=O)O. The second-order valence-electron chi connectivity index (χ2n) is 6.17. The summed E-state index contributed by atoms with van der Waals surface area (Å²) in [4.78, 5) is 28.5. The van der Waals surface area contributed by atoms with Gasteiger partial charge in [-0.15, -0.1) is 0 Å². The third-order valence-corrected chi connectivity index (χ3v) is 2.84. The van der Waals surface area contributed by atoms with Gasteiger partial charge in [0.25, 0.3) is 0 Å². The Morgan fingerprint density at radius 2 is 2.00 bits per heavy atom. The van der Waals surface area contributed by atoms with Gasteiger partial charge < -0.3 is 29.3 Å². The lowest BCUT2D eigenvalue weighted by Crippen LogP contribution is -2.38. The van der Waals surface area contributed by atoms with Crippen LogP contribution in [-0.2, 0) is 16.0 Å². The number of carbonyl (C=O) groups is 2. The summed E-state index contributed by atoms with van der Waals surface area (Å²) in [6.45, 7) is 4.96. The number of ether oxygens (including phenoxy) is 3. The van der Waals surface area contributed by atoms with Gasteiger partial charge in [-0.25, -0.2) is 14.6 Å². The van der Waals surface area contributed by atoms with Gasteiger partial charge in [-0.3, -0.25) is 0 Å². The highest BCUT2D eigenvalue weighted by molar-refractivity contribution is 5.88. The van der Waals surface area contributed by atoms with E-state index >= 15 is 0 Å². The summed E-state index contributed by atoms with van der Waals surface area (Å²) < 4.78 is 15.3. The van der Waals surface area contributed by atoms with E-state index in [-0.39, 0.29) is 37.9 Å². The fraction of sp³-hybridized carbons (Fsp3) is 0.562. The quantitative estimate of drug-likeness (QED) is 0.673. The Morgan fingerprint density at radius 3 is 2.52 bits per heavy atom. The average molecular weight is 356 g/mol. The minimum Gasteiger partial charge on any atom is -0.476 e. The van der Waals surface area contributed by atoms with Crippen molar-refractivity contribution in [3.8, 4) is 5.75 Å². The summed E-state index contributed by atoms with van der Waals surface area (Å²) in [6, 6.07) is 1.46. The summed E-state index contributed by atoms with van der Waals surface area (Å²) >= 11 is 0. The molecule has 0 aliphatic heterocycles. The van der Waals surface area contributed by atoms with Crippen LogP contribution in [0.25, 0.3) is 0 Å². The predicted molar refractivity (Wildman–Crippen MR) is 87.4 cm³/mol.